The molecule has 1 aromatic carbocycles. The second kappa shape index (κ2) is 6.86. The summed E-state index contributed by atoms with van der Waals surface area (Å²) in [5.41, 5.74) is -0.0965. The second-order valence-corrected chi connectivity index (χ2v) is 10.4. The van der Waals surface area contributed by atoms with Gasteiger partial charge in [-0.05, 0) is 23.9 Å². The van der Waals surface area contributed by atoms with E-state index in [-0.39, 0.29) is 16.1 Å². The number of imide groups is 1. The topological polar surface area (TPSA) is 125 Å². The first-order valence-corrected chi connectivity index (χ1v) is 11.3. The molecule has 0 aliphatic carbocycles. The summed E-state index contributed by atoms with van der Waals surface area (Å²) in [6.45, 7) is 2.20. The lowest BCUT2D eigenvalue weighted by Crippen LogP contribution is -2.73. The normalized spacial score (nSPS) is 22.1. The zero-order valence-electron chi connectivity index (χ0n) is 15.6. The quantitative estimate of drug-likeness (QED) is 0.679. The number of amides is 2. The number of anilines is 1. The number of hydrogen-bond acceptors (Lipinski definition) is 9. The van der Waals surface area contributed by atoms with Gasteiger partial charge in [-0.1, -0.05) is 18.2 Å². The molecule has 1 N–H and O–H groups in total. The summed E-state index contributed by atoms with van der Waals surface area (Å²) in [5.74, 6) is 0.279. The van der Waals surface area contributed by atoms with Crippen molar-refractivity contribution in [1.82, 2.24) is 24.6 Å². The molecule has 1 spiro atoms. The second-order valence-electron chi connectivity index (χ2n) is 7.44. The minimum Gasteiger partial charge on any atom is -0.339 e. The van der Waals surface area contributed by atoms with E-state index in [2.05, 4.69) is 20.3 Å². The number of carbonyl (C=O) groups excluding carboxylic acids is 2. The molecule has 0 atom stereocenters. The summed E-state index contributed by atoms with van der Waals surface area (Å²) < 4.78 is 26.8. The van der Waals surface area contributed by atoms with E-state index >= 15 is 0 Å². The lowest BCUT2D eigenvalue weighted by molar-refractivity contribution is -0.115. The molecule has 154 valence electrons. The highest BCUT2D eigenvalue weighted by atomic mass is 32.2. The molecule has 3 saturated heterocycles. The molecule has 10 nitrogen and oxygen atoms in total. The van der Waals surface area contributed by atoms with Crippen molar-refractivity contribution in [1.29, 1.82) is 0 Å². The lowest BCUT2D eigenvalue weighted by Gasteiger charge is -2.59. The Morgan fingerprint density at radius 3 is 2.47 bits per heavy atom. The first kappa shape index (κ1) is 19.2. The van der Waals surface area contributed by atoms with Gasteiger partial charge < -0.3 is 4.90 Å². The van der Waals surface area contributed by atoms with Gasteiger partial charge in [0.2, 0.25) is 16.0 Å². The first-order chi connectivity index (χ1) is 14.3. The maximum Gasteiger partial charge on any atom is 0.290 e. The molecule has 2 amide bonds. The van der Waals surface area contributed by atoms with Crippen LogP contribution in [0.2, 0.25) is 0 Å². The van der Waals surface area contributed by atoms with E-state index in [1.54, 1.807) is 30.3 Å². The summed E-state index contributed by atoms with van der Waals surface area (Å²) >= 11 is 0.801. The number of benzene rings is 1. The van der Waals surface area contributed by atoms with Crippen LogP contribution in [0.1, 0.15) is 5.82 Å². The molecule has 3 fully saturated rings. The number of nitrogens with one attached hydrogen (secondary N) is 1. The number of sulfonamides is 1. The van der Waals surface area contributed by atoms with Crippen LogP contribution < -0.4 is 10.2 Å². The lowest BCUT2D eigenvalue weighted by atomic mass is 9.74. The largest absolute Gasteiger partial charge is 0.339 e. The molecule has 3 aliphatic heterocycles. The van der Waals surface area contributed by atoms with Crippen LogP contribution in [-0.2, 0) is 14.8 Å². The Labute approximate surface area is 176 Å². The van der Waals surface area contributed by atoms with Gasteiger partial charge in [-0.3, -0.25) is 14.9 Å². The number of carbonyl (C=O) groups is 2. The molecule has 12 heteroatoms. The van der Waals surface area contributed by atoms with E-state index < -0.39 is 21.2 Å². The average Bonchev–Trinajstić information content (AvgIpc) is 2.97. The van der Waals surface area contributed by atoms with Crippen molar-refractivity contribution < 1.29 is 18.0 Å². The van der Waals surface area contributed by atoms with Gasteiger partial charge in [0, 0.05) is 37.7 Å². The van der Waals surface area contributed by atoms with E-state index in [0.29, 0.717) is 37.0 Å². The molecule has 0 bridgehead atoms. The minimum atomic E-state index is -3.46. The maximum absolute atomic E-state index is 12.7. The Balaban J connectivity index is 1.24. The van der Waals surface area contributed by atoms with Crippen molar-refractivity contribution in [3.63, 3.8) is 0 Å². The van der Waals surface area contributed by atoms with Gasteiger partial charge in [0.05, 0.1) is 9.80 Å². The molecule has 1 aromatic heterocycles. The molecular weight excluding hydrogens is 428 g/mol. The summed E-state index contributed by atoms with van der Waals surface area (Å²) in [6, 6.07) is 8.42. The fourth-order valence-electron chi connectivity index (χ4n) is 3.78. The molecule has 5 rings (SSSR count). The highest BCUT2D eigenvalue weighted by Crippen LogP contribution is 2.43. The fourth-order valence-corrected chi connectivity index (χ4v) is 6.12. The summed E-state index contributed by atoms with van der Waals surface area (Å²) in [7, 11) is -3.46. The van der Waals surface area contributed by atoms with E-state index in [9.17, 15) is 18.0 Å². The molecule has 4 heterocycles. The summed E-state index contributed by atoms with van der Waals surface area (Å²) in [4.78, 5) is 38.0. The van der Waals surface area contributed by atoms with E-state index in [1.165, 1.54) is 16.7 Å². The highest BCUT2D eigenvalue weighted by Gasteiger charge is 2.55. The van der Waals surface area contributed by atoms with Crippen molar-refractivity contribution in [3.8, 4) is 0 Å². The average molecular weight is 444 g/mol. The van der Waals surface area contributed by atoms with Crippen molar-refractivity contribution in [3.05, 3.63) is 47.4 Å². The van der Waals surface area contributed by atoms with Crippen LogP contribution >= 0.6 is 11.8 Å². The van der Waals surface area contributed by atoms with Crippen molar-refractivity contribution in [2.24, 2.45) is 5.41 Å². The van der Waals surface area contributed by atoms with Crippen LogP contribution in [0.15, 0.2) is 46.5 Å². The molecule has 0 radical (unpaired) electrons. The van der Waals surface area contributed by atoms with Crippen LogP contribution in [-0.4, -0.2) is 65.0 Å². The minimum absolute atomic E-state index is 0.0965. The zero-order valence-corrected chi connectivity index (χ0v) is 17.2. The van der Waals surface area contributed by atoms with E-state index in [1.807, 2.05) is 4.90 Å². The van der Waals surface area contributed by atoms with Gasteiger partial charge >= 0.3 is 0 Å². The van der Waals surface area contributed by atoms with Gasteiger partial charge in [0.1, 0.15) is 6.33 Å². The van der Waals surface area contributed by atoms with Gasteiger partial charge in [-0.25, -0.2) is 18.4 Å². The fraction of sp³-hybridized carbons (Fsp3) is 0.278. The molecule has 0 unspecified atom stereocenters. The zero-order chi connectivity index (χ0) is 20.9. The molecule has 30 heavy (non-hydrogen) atoms. The first-order valence-electron chi connectivity index (χ1n) is 9.09. The third kappa shape index (κ3) is 3.26. The van der Waals surface area contributed by atoms with Crippen LogP contribution in [0.25, 0.3) is 6.08 Å². The van der Waals surface area contributed by atoms with Crippen molar-refractivity contribution >= 4 is 45.0 Å². The van der Waals surface area contributed by atoms with Gasteiger partial charge in [0.15, 0.2) is 5.82 Å². The molecule has 2 aromatic rings. The van der Waals surface area contributed by atoms with Gasteiger partial charge in [-0.15, -0.1) is 0 Å². The summed E-state index contributed by atoms with van der Waals surface area (Å²) in [5, 5.41) is 1.76. The Morgan fingerprint density at radius 1 is 1.07 bits per heavy atom. The highest BCUT2D eigenvalue weighted by molar-refractivity contribution is 8.18. The van der Waals surface area contributed by atoms with E-state index in [4.69, 9.17) is 0 Å². The Morgan fingerprint density at radius 2 is 1.80 bits per heavy atom. The Hall–Kier alpha value is -2.83. The van der Waals surface area contributed by atoms with Crippen LogP contribution in [0.4, 0.5) is 10.7 Å². The van der Waals surface area contributed by atoms with Crippen LogP contribution in [0.5, 0.6) is 0 Å². The van der Waals surface area contributed by atoms with E-state index in [0.717, 1.165) is 11.8 Å². The van der Waals surface area contributed by atoms with Gasteiger partial charge in [-0.2, -0.15) is 9.29 Å². The van der Waals surface area contributed by atoms with Crippen LogP contribution in [0.3, 0.4) is 0 Å². The number of aromatic nitrogens is 3. The number of rotatable bonds is 4. The van der Waals surface area contributed by atoms with Crippen LogP contribution in [0, 0.1) is 5.41 Å². The standard InChI is InChI=1S/C18H16N6O4S2/c25-15-13(29-17(26)22-15)6-14-19-11-20-16(21-14)23-7-18(8-23)9-24(10-18)30(27,28)12-4-2-1-3-5-12/h1-6,11H,7-10H2,(H,22,25,26). The molecular formula is C18H16N6O4S2. The number of nitrogens with zero attached hydrogens (tertiary/aromatic N) is 5. The SMILES string of the molecule is O=C1NC(=O)C(=Cc2ncnc(N3CC4(C3)CN(S(=O)(=O)c3ccccc3)C4)n2)S1. The number of thioether (sulfide) groups is 1. The monoisotopic (exact) mass is 444 g/mol. The molecule has 3 aliphatic rings. The predicted molar refractivity (Wildman–Crippen MR) is 109 cm³/mol. The Bertz CT molecular complexity index is 1170. The third-order valence-electron chi connectivity index (χ3n) is 5.22. The predicted octanol–water partition coefficient (Wildman–Crippen LogP) is 0.706. The van der Waals surface area contributed by atoms with Crippen molar-refractivity contribution in [2.45, 2.75) is 4.90 Å². The van der Waals surface area contributed by atoms with Gasteiger partial charge in [0.25, 0.3) is 11.1 Å². The van der Waals surface area contributed by atoms with Crippen molar-refractivity contribution in [2.75, 3.05) is 31.1 Å². The Kier molecular flexibility index (Phi) is 4.38. The smallest absolute Gasteiger partial charge is 0.290 e. The number of hydrogen-bond donors (Lipinski definition) is 1. The molecule has 0 saturated carbocycles. The summed E-state index contributed by atoms with van der Waals surface area (Å²) in [6.07, 6.45) is 2.80. The third-order valence-corrected chi connectivity index (χ3v) is 7.84. The maximum atomic E-state index is 12.7.